The van der Waals surface area contributed by atoms with E-state index in [1.807, 2.05) is 6.92 Å². The quantitative estimate of drug-likeness (QED) is 0.350. The molecule has 0 fully saturated rings. The molecular formula is C24H39NO6. The van der Waals surface area contributed by atoms with Gasteiger partial charge in [0, 0.05) is 11.3 Å². The fraction of sp³-hybridized carbons (Fsp3) is 0.708. The highest BCUT2D eigenvalue weighted by molar-refractivity contribution is 6.03. The molecule has 0 saturated heterocycles. The highest BCUT2D eigenvalue weighted by Gasteiger charge is 2.22. The van der Waals surface area contributed by atoms with Gasteiger partial charge < -0.3 is 28.8 Å². The molecule has 176 valence electrons. The minimum absolute atomic E-state index is 0.0321. The number of aliphatic imine (C=N–C) groups is 1. The normalized spacial score (nSPS) is 15.1. The molecule has 0 radical (unpaired) electrons. The summed E-state index contributed by atoms with van der Waals surface area (Å²) in [6, 6.07) is 4.29. The van der Waals surface area contributed by atoms with Crippen LogP contribution in [-0.4, -0.2) is 70.3 Å². The Kier molecular flexibility index (Phi) is 12.5. The molecule has 0 spiro atoms. The number of hydrogen-bond donors (Lipinski definition) is 1. The molecular weight excluding hydrogens is 398 g/mol. The summed E-state index contributed by atoms with van der Waals surface area (Å²) in [7, 11) is 0. The topological polar surface area (TPSA) is 78.7 Å². The van der Waals surface area contributed by atoms with Crippen LogP contribution in [-0.2, 0) is 14.2 Å². The third-order valence-corrected chi connectivity index (χ3v) is 5.06. The Morgan fingerprint density at radius 3 is 2.10 bits per heavy atom. The monoisotopic (exact) mass is 437 g/mol. The summed E-state index contributed by atoms with van der Waals surface area (Å²) in [6.45, 7) is 10.3. The van der Waals surface area contributed by atoms with E-state index in [1.54, 1.807) is 0 Å². The number of ether oxygens (including phenoxy) is 5. The van der Waals surface area contributed by atoms with Crippen molar-refractivity contribution in [2.75, 3.05) is 59.5 Å². The van der Waals surface area contributed by atoms with Crippen LogP contribution in [0, 0.1) is 0 Å². The van der Waals surface area contributed by atoms with E-state index in [1.165, 1.54) is 24.8 Å². The van der Waals surface area contributed by atoms with E-state index in [-0.39, 0.29) is 12.6 Å². The number of rotatable bonds is 18. The van der Waals surface area contributed by atoms with Crippen LogP contribution in [0.3, 0.4) is 0 Å². The molecule has 0 bridgehead atoms. The predicted molar refractivity (Wildman–Crippen MR) is 122 cm³/mol. The van der Waals surface area contributed by atoms with Gasteiger partial charge in [-0.1, -0.05) is 26.2 Å². The van der Waals surface area contributed by atoms with Crippen molar-refractivity contribution in [2.45, 2.75) is 52.5 Å². The Balaban J connectivity index is 1.75. The van der Waals surface area contributed by atoms with Crippen LogP contribution in [0.15, 0.2) is 17.1 Å². The van der Waals surface area contributed by atoms with Gasteiger partial charge in [0.1, 0.15) is 6.61 Å². The fourth-order valence-electron chi connectivity index (χ4n) is 3.42. The molecule has 1 N–H and O–H groups in total. The third kappa shape index (κ3) is 9.15. The lowest BCUT2D eigenvalue weighted by atomic mass is 10.0. The summed E-state index contributed by atoms with van der Waals surface area (Å²) in [6.07, 6.45) is 4.67. The molecule has 0 saturated carbocycles. The number of fused-ring (bicyclic) bond motifs is 1. The van der Waals surface area contributed by atoms with Crippen molar-refractivity contribution < 1.29 is 28.8 Å². The molecule has 0 aromatic heterocycles. The van der Waals surface area contributed by atoms with Crippen LogP contribution >= 0.6 is 0 Å². The number of aliphatic hydroxyl groups is 1. The SMILES string of the molecule is CCCCCCOc1cc2c(cc1OCCOCCOCCOCCO)C(C)=NC2C. The van der Waals surface area contributed by atoms with Gasteiger partial charge in [-0.3, -0.25) is 4.99 Å². The minimum Gasteiger partial charge on any atom is -0.490 e. The lowest BCUT2D eigenvalue weighted by Gasteiger charge is -2.16. The van der Waals surface area contributed by atoms with Crippen LogP contribution in [0.4, 0.5) is 0 Å². The average Bonchev–Trinajstić information content (AvgIpc) is 3.04. The fourth-order valence-corrected chi connectivity index (χ4v) is 3.42. The van der Waals surface area contributed by atoms with E-state index in [0.717, 1.165) is 29.2 Å². The summed E-state index contributed by atoms with van der Waals surface area (Å²) in [4.78, 5) is 4.67. The maximum Gasteiger partial charge on any atom is 0.161 e. The number of aliphatic hydroxyl groups excluding tert-OH is 1. The lowest BCUT2D eigenvalue weighted by Crippen LogP contribution is -2.13. The van der Waals surface area contributed by atoms with E-state index >= 15 is 0 Å². The number of benzene rings is 1. The molecule has 2 rings (SSSR count). The van der Waals surface area contributed by atoms with Crippen molar-refractivity contribution in [3.05, 3.63) is 23.3 Å². The molecule has 31 heavy (non-hydrogen) atoms. The standard InChI is InChI=1S/C24H39NO6/c1-4-5-6-7-9-30-23-17-21-19(2)25-20(3)22(21)18-24(23)31-16-15-29-14-13-28-12-11-27-10-8-26/h17-19,26H,4-16H2,1-3H3. The van der Waals surface area contributed by atoms with Gasteiger partial charge in [0.15, 0.2) is 11.5 Å². The first-order valence-corrected chi connectivity index (χ1v) is 11.5. The molecule has 0 amide bonds. The number of nitrogens with zero attached hydrogens (tertiary/aromatic N) is 1. The number of unbranched alkanes of at least 4 members (excludes halogenated alkanes) is 3. The van der Waals surface area contributed by atoms with E-state index in [9.17, 15) is 0 Å². The summed E-state index contributed by atoms with van der Waals surface area (Å²) in [5.74, 6) is 1.54. The Labute approximate surface area is 186 Å². The minimum atomic E-state index is 0.0321. The summed E-state index contributed by atoms with van der Waals surface area (Å²) >= 11 is 0. The van der Waals surface area contributed by atoms with Crippen LogP contribution < -0.4 is 9.47 Å². The van der Waals surface area contributed by atoms with Crippen molar-refractivity contribution in [1.29, 1.82) is 0 Å². The highest BCUT2D eigenvalue weighted by Crippen LogP contribution is 2.38. The Bertz CT molecular complexity index is 664. The van der Waals surface area contributed by atoms with E-state index in [4.69, 9.17) is 28.8 Å². The van der Waals surface area contributed by atoms with Crippen LogP contribution in [0.5, 0.6) is 11.5 Å². The third-order valence-electron chi connectivity index (χ3n) is 5.06. The molecule has 1 atom stereocenters. The second kappa shape index (κ2) is 15.2. The van der Waals surface area contributed by atoms with Crippen molar-refractivity contribution in [3.8, 4) is 11.5 Å². The zero-order chi connectivity index (χ0) is 22.3. The van der Waals surface area contributed by atoms with E-state index in [2.05, 4.69) is 31.0 Å². The van der Waals surface area contributed by atoms with Crippen molar-refractivity contribution in [3.63, 3.8) is 0 Å². The zero-order valence-corrected chi connectivity index (χ0v) is 19.4. The van der Waals surface area contributed by atoms with Gasteiger partial charge in [0.2, 0.25) is 0 Å². The second-order valence-corrected chi connectivity index (χ2v) is 7.59. The van der Waals surface area contributed by atoms with Gasteiger partial charge in [-0.25, -0.2) is 0 Å². The number of hydrogen-bond acceptors (Lipinski definition) is 7. The molecule has 1 heterocycles. The summed E-state index contributed by atoms with van der Waals surface area (Å²) in [5, 5.41) is 8.62. The maximum absolute atomic E-state index is 8.62. The van der Waals surface area contributed by atoms with Crippen molar-refractivity contribution in [1.82, 2.24) is 0 Å². The molecule has 1 aromatic carbocycles. The first kappa shape index (κ1) is 25.6. The predicted octanol–water partition coefficient (Wildman–Crippen LogP) is 3.95. The van der Waals surface area contributed by atoms with Crippen LogP contribution in [0.25, 0.3) is 0 Å². The van der Waals surface area contributed by atoms with Crippen molar-refractivity contribution in [2.24, 2.45) is 4.99 Å². The Morgan fingerprint density at radius 1 is 0.806 bits per heavy atom. The Morgan fingerprint density at radius 2 is 1.42 bits per heavy atom. The summed E-state index contributed by atoms with van der Waals surface area (Å²) < 4.78 is 28.2. The van der Waals surface area contributed by atoms with Gasteiger partial charge in [-0.05, 0) is 38.0 Å². The van der Waals surface area contributed by atoms with E-state index < -0.39 is 0 Å². The first-order chi connectivity index (χ1) is 15.2. The second-order valence-electron chi connectivity index (χ2n) is 7.59. The molecule has 0 aliphatic carbocycles. The molecule has 1 aliphatic heterocycles. The van der Waals surface area contributed by atoms with Crippen LogP contribution in [0.2, 0.25) is 0 Å². The van der Waals surface area contributed by atoms with Gasteiger partial charge in [0.05, 0.1) is 58.9 Å². The molecule has 1 aromatic rings. The molecule has 7 heteroatoms. The summed E-state index contributed by atoms with van der Waals surface area (Å²) in [5.41, 5.74) is 3.38. The Hall–Kier alpha value is -1.67. The zero-order valence-electron chi connectivity index (χ0n) is 19.4. The lowest BCUT2D eigenvalue weighted by molar-refractivity contribution is 0.00349. The largest absolute Gasteiger partial charge is 0.490 e. The molecule has 1 unspecified atom stereocenters. The van der Waals surface area contributed by atoms with Gasteiger partial charge in [0.25, 0.3) is 0 Å². The van der Waals surface area contributed by atoms with Crippen LogP contribution in [0.1, 0.15) is 63.6 Å². The average molecular weight is 438 g/mol. The van der Waals surface area contributed by atoms with E-state index in [0.29, 0.717) is 52.9 Å². The smallest absolute Gasteiger partial charge is 0.161 e. The van der Waals surface area contributed by atoms with Crippen molar-refractivity contribution >= 4 is 5.71 Å². The van der Waals surface area contributed by atoms with Gasteiger partial charge in [-0.15, -0.1) is 0 Å². The molecule has 1 aliphatic rings. The van der Waals surface area contributed by atoms with Gasteiger partial charge >= 0.3 is 0 Å². The van der Waals surface area contributed by atoms with Gasteiger partial charge in [-0.2, -0.15) is 0 Å². The first-order valence-electron chi connectivity index (χ1n) is 11.5. The molecule has 7 nitrogen and oxygen atoms in total. The maximum atomic E-state index is 8.62. The highest BCUT2D eigenvalue weighted by atomic mass is 16.6.